The largest absolute Gasteiger partial charge is 0.497 e. The first-order valence-corrected chi connectivity index (χ1v) is 41.7. The molecule has 15 aromatic carbocycles. The van der Waals surface area contributed by atoms with E-state index in [1.54, 1.807) is 56.9 Å². The number of hydrogen-bond donors (Lipinski definition) is 0. The van der Waals surface area contributed by atoms with Crippen molar-refractivity contribution in [2.45, 2.75) is 38.3 Å². The fraction of sp³-hybridized carbons (Fsp3) is 0.138. The van der Waals surface area contributed by atoms with Crippen molar-refractivity contribution in [3.8, 4) is 79.4 Å². The molecule has 0 aliphatic heterocycles. The summed E-state index contributed by atoms with van der Waals surface area (Å²) in [6.45, 7) is 2.37. The Balaban J connectivity index is 0.737. The lowest BCUT2D eigenvalue weighted by Gasteiger charge is -2.40. The Morgan fingerprint density at radius 2 is 0.415 bits per heavy atom. The smallest absolute Gasteiger partial charge is 0.119 e. The van der Waals surface area contributed by atoms with Gasteiger partial charge in [-0.1, -0.05) is 73.7 Å². The summed E-state index contributed by atoms with van der Waals surface area (Å²) >= 11 is 0. The van der Waals surface area contributed by atoms with Gasteiger partial charge in [0.2, 0.25) is 0 Å². The van der Waals surface area contributed by atoms with Crippen LogP contribution in [0.25, 0.3) is 82.6 Å². The first kappa shape index (κ1) is 77.9. The molecule has 14 nitrogen and oxygen atoms in total. The number of allylic oxidation sites excluding steroid dienone is 4. The second-order valence-corrected chi connectivity index (χ2v) is 31.3. The molecule has 0 radical (unpaired) electrons. The summed E-state index contributed by atoms with van der Waals surface area (Å²) in [6, 6.07) is 122. The Kier molecular flexibility index (Phi) is 21.3. The van der Waals surface area contributed by atoms with Gasteiger partial charge in [-0.15, -0.1) is 0 Å². The molecule has 19 rings (SSSR count). The van der Waals surface area contributed by atoms with Gasteiger partial charge in [-0.25, -0.2) is 0 Å². The normalized spacial score (nSPS) is 14.3. The van der Waals surface area contributed by atoms with Crippen LogP contribution in [-0.2, 0) is 0 Å². The molecule has 608 valence electrons. The zero-order chi connectivity index (χ0) is 83.8. The second kappa shape index (κ2) is 33.6. The van der Waals surface area contributed by atoms with Crippen LogP contribution < -0.4 is 57.5 Å². The van der Waals surface area contributed by atoms with Crippen LogP contribution in [0.3, 0.4) is 0 Å². The van der Waals surface area contributed by atoms with Crippen LogP contribution in [0.5, 0.6) is 46.0 Å². The molecule has 2 aliphatic rings. The molecule has 14 heteroatoms. The highest BCUT2D eigenvalue weighted by Gasteiger charge is 2.38. The van der Waals surface area contributed by atoms with Crippen LogP contribution in [0.15, 0.2) is 358 Å². The van der Waals surface area contributed by atoms with Crippen LogP contribution in [0.1, 0.15) is 43.8 Å². The second-order valence-electron chi connectivity index (χ2n) is 31.3. The molecule has 0 spiro atoms. The molecular formula is C109H94N6O8. The topological polar surface area (TPSA) is 96.7 Å². The van der Waals surface area contributed by atoms with E-state index in [-0.39, 0.29) is 18.0 Å². The maximum Gasteiger partial charge on any atom is 0.119 e. The van der Waals surface area contributed by atoms with Crippen LogP contribution in [-0.4, -0.2) is 66.0 Å². The Hall–Kier alpha value is -15.0. The minimum absolute atomic E-state index is 0.0954. The summed E-state index contributed by atoms with van der Waals surface area (Å²) in [6.07, 6.45) is 7.47. The summed E-state index contributed by atoms with van der Waals surface area (Å²) in [5.41, 5.74) is 26.4. The summed E-state index contributed by atoms with van der Waals surface area (Å²) in [4.78, 5) is 9.16. The monoisotopic (exact) mass is 1610 g/mol. The number of hydrogen-bond acceptors (Lipinski definition) is 12. The molecule has 1 fully saturated rings. The molecule has 0 N–H and O–H groups in total. The van der Waals surface area contributed by atoms with E-state index in [0.29, 0.717) is 0 Å². The standard InChI is InChI=1S/C109H94N6O8/c1-71-66-90(113(88-38-55-97(122-8)56-39-88)89-40-57-98(123-9)58-41-89)42-59-99(71)78-19-63-107-103(70-78)102-69-77(74-14-24-81(25-15-74)112(86-34-51-95(120-6)52-35-86)87-36-53-96(121-7)54-37-87)18-62-106(102)115(107)109-65-64-108(109)114-104-60-16-75(72-10-20-79(21-11-72)110(82-26-43-91(116-2)44-27-82)83-28-45-92(117-3)46-29-83)67-100(104)101-68-76(17-61-105(101)114)73-12-22-80(23-13-73)111(84-30-47-93(118-4)48-31-84)85-32-49-94(119-5)50-33-85/h10-63,67-71,108-109H,64-66H2,1-9H3. The van der Waals surface area contributed by atoms with Gasteiger partial charge in [0, 0.05) is 112 Å². The van der Waals surface area contributed by atoms with E-state index in [4.69, 9.17) is 37.9 Å². The Morgan fingerprint density at radius 1 is 0.220 bits per heavy atom. The first-order chi connectivity index (χ1) is 60.4. The van der Waals surface area contributed by atoms with E-state index in [9.17, 15) is 0 Å². The van der Waals surface area contributed by atoms with E-state index in [0.717, 1.165) is 161 Å². The van der Waals surface area contributed by atoms with Crippen molar-refractivity contribution in [2.75, 3.05) is 76.5 Å². The van der Waals surface area contributed by atoms with Crippen LogP contribution in [0.4, 0.5) is 62.6 Å². The molecule has 2 aromatic heterocycles. The number of anilines is 11. The third kappa shape index (κ3) is 14.9. The summed E-state index contributed by atoms with van der Waals surface area (Å²) in [5, 5.41) is 4.82. The Labute approximate surface area is 717 Å². The van der Waals surface area contributed by atoms with Crippen LogP contribution in [0, 0.1) is 5.92 Å². The van der Waals surface area contributed by atoms with Gasteiger partial charge in [-0.05, 0) is 355 Å². The fourth-order valence-electron chi connectivity index (χ4n) is 18.1. The molecule has 0 amide bonds. The predicted molar refractivity (Wildman–Crippen MR) is 504 cm³/mol. The zero-order valence-corrected chi connectivity index (χ0v) is 70.3. The third-order valence-electron chi connectivity index (χ3n) is 24.6. The van der Waals surface area contributed by atoms with Gasteiger partial charge in [0.1, 0.15) is 46.0 Å². The highest BCUT2D eigenvalue weighted by atomic mass is 16.5. The minimum atomic E-state index is 0.0954. The Bertz CT molecular complexity index is 6340. The van der Waals surface area contributed by atoms with Gasteiger partial charge in [-0.3, -0.25) is 0 Å². The molecule has 3 atom stereocenters. The fourth-order valence-corrected chi connectivity index (χ4v) is 18.1. The maximum atomic E-state index is 5.64. The predicted octanol–water partition coefficient (Wildman–Crippen LogP) is 28.1. The molecule has 1 saturated carbocycles. The van der Waals surface area contributed by atoms with Gasteiger partial charge in [0.25, 0.3) is 0 Å². The van der Waals surface area contributed by atoms with E-state index in [2.05, 4.69) is 290 Å². The molecule has 3 unspecified atom stereocenters. The average Bonchev–Trinajstić information content (AvgIpc) is 1.55. The van der Waals surface area contributed by atoms with Crippen LogP contribution in [0.2, 0.25) is 0 Å². The minimum Gasteiger partial charge on any atom is -0.497 e. The third-order valence-corrected chi connectivity index (χ3v) is 24.6. The number of aromatic nitrogens is 2. The average molecular weight is 1620 g/mol. The van der Waals surface area contributed by atoms with Crippen molar-refractivity contribution in [3.63, 3.8) is 0 Å². The van der Waals surface area contributed by atoms with E-state index >= 15 is 0 Å². The van der Waals surface area contributed by atoms with E-state index in [1.807, 2.05) is 97.1 Å². The zero-order valence-electron chi connectivity index (χ0n) is 70.3. The number of nitrogens with zero attached hydrogens (tertiary/aromatic N) is 6. The number of benzene rings is 15. The van der Waals surface area contributed by atoms with Gasteiger partial charge in [0.05, 0.1) is 69.0 Å². The molecule has 0 bridgehead atoms. The van der Waals surface area contributed by atoms with Crippen molar-refractivity contribution in [3.05, 3.63) is 363 Å². The molecule has 123 heavy (non-hydrogen) atoms. The van der Waals surface area contributed by atoms with Gasteiger partial charge in [0.15, 0.2) is 0 Å². The number of fused-ring (bicyclic) bond motifs is 6. The lowest BCUT2D eigenvalue weighted by atomic mass is 9.84. The van der Waals surface area contributed by atoms with E-state index < -0.39 is 0 Å². The summed E-state index contributed by atoms with van der Waals surface area (Å²) < 4.78 is 50.4. The number of methoxy groups -OCH3 is 8. The highest BCUT2D eigenvalue weighted by Crippen LogP contribution is 2.53. The van der Waals surface area contributed by atoms with Crippen LogP contribution >= 0.6 is 0 Å². The molecule has 0 saturated heterocycles. The maximum absolute atomic E-state index is 5.64. The molecule has 2 aliphatic carbocycles. The number of ether oxygens (including phenoxy) is 8. The quantitative estimate of drug-likeness (QED) is 0.0516. The Morgan fingerprint density at radius 3 is 0.626 bits per heavy atom. The highest BCUT2D eigenvalue weighted by molar-refractivity contribution is 6.12. The van der Waals surface area contributed by atoms with Crippen molar-refractivity contribution in [2.24, 2.45) is 5.92 Å². The van der Waals surface area contributed by atoms with Gasteiger partial charge in [-0.2, -0.15) is 0 Å². The first-order valence-electron chi connectivity index (χ1n) is 41.7. The van der Waals surface area contributed by atoms with Crippen molar-refractivity contribution in [1.82, 2.24) is 9.13 Å². The molecular weight excluding hydrogens is 1520 g/mol. The van der Waals surface area contributed by atoms with Crippen molar-refractivity contribution in [1.29, 1.82) is 0 Å². The van der Waals surface area contributed by atoms with Crippen molar-refractivity contribution < 1.29 is 37.9 Å². The summed E-state index contributed by atoms with van der Waals surface area (Å²) in [5.74, 6) is 6.56. The summed E-state index contributed by atoms with van der Waals surface area (Å²) in [7, 11) is 13.6. The van der Waals surface area contributed by atoms with Crippen molar-refractivity contribution >= 4 is 112 Å². The lowest BCUT2D eigenvalue weighted by Crippen LogP contribution is -2.31. The lowest BCUT2D eigenvalue weighted by molar-refractivity contribution is 0.205. The number of rotatable bonds is 26. The SMILES string of the molecule is COc1ccc(N(C2=CC=C(c3ccc4c(c3)c3cc(-c5ccc(N(c6ccc(OC)cc6)c6ccc(OC)cc6)cc5)ccc3n4C3CCC3n3c4ccc(-c5ccc(N(c6ccc(OC)cc6)c6ccc(OC)cc6)cc5)cc4c4cc(-c5ccc(N(c6ccc(OC)cc6)c6ccc(OC)cc6)cc5)ccc43)C(C)C2)c2ccc(OC)cc2)cc1. The molecule has 17 aromatic rings. The van der Waals surface area contributed by atoms with Gasteiger partial charge >= 0.3 is 0 Å². The van der Waals surface area contributed by atoms with Gasteiger partial charge < -0.3 is 66.6 Å². The molecule has 2 heterocycles. The van der Waals surface area contributed by atoms with E-state index in [1.165, 1.54) is 60.4 Å².